The lowest BCUT2D eigenvalue weighted by molar-refractivity contribution is 0.0513. The molecule has 0 atom stereocenters. The van der Waals surface area contributed by atoms with Crippen molar-refractivity contribution in [1.29, 1.82) is 0 Å². The Morgan fingerprint density at radius 2 is 1.37 bits per heavy atom. The summed E-state index contributed by atoms with van der Waals surface area (Å²) in [4.78, 5) is 32.1. The molecule has 3 aromatic rings. The maximum Gasteiger partial charge on any atom is 0.356 e. The first-order chi connectivity index (χ1) is 14.2. The van der Waals surface area contributed by atoms with Gasteiger partial charge in [-0.15, -0.1) is 0 Å². The van der Waals surface area contributed by atoms with E-state index in [0.29, 0.717) is 18.0 Å². The van der Waals surface area contributed by atoms with E-state index in [1.807, 2.05) is 5.43 Å². The molecule has 0 aliphatic heterocycles. The van der Waals surface area contributed by atoms with Crippen molar-refractivity contribution >= 4 is 17.8 Å². The van der Waals surface area contributed by atoms with E-state index in [-0.39, 0.29) is 17.6 Å². The molecule has 0 aliphatic rings. The van der Waals surface area contributed by atoms with Crippen molar-refractivity contribution in [3.63, 3.8) is 0 Å². The molecule has 0 saturated heterocycles. The lowest BCUT2D eigenvalue weighted by atomic mass is 10.4. The van der Waals surface area contributed by atoms with Crippen molar-refractivity contribution in [3.8, 4) is 0 Å². The van der Waals surface area contributed by atoms with Crippen LogP contribution in [-0.2, 0) is 25.9 Å². The van der Waals surface area contributed by atoms with Gasteiger partial charge in [-0.1, -0.05) is 0 Å². The van der Waals surface area contributed by atoms with Crippen LogP contribution < -0.4 is 11.3 Å². The number of hydrogen-bond acceptors (Lipinski definition) is 8. The summed E-state index contributed by atoms with van der Waals surface area (Å²) in [5.74, 6) is 3.28. The van der Waals surface area contributed by atoms with E-state index < -0.39 is 5.97 Å². The van der Waals surface area contributed by atoms with E-state index >= 15 is 0 Å². The van der Waals surface area contributed by atoms with Crippen molar-refractivity contribution in [3.05, 3.63) is 53.9 Å². The summed E-state index contributed by atoms with van der Waals surface area (Å²) in [6.45, 7) is 2.16. The minimum atomic E-state index is -0.949. The van der Waals surface area contributed by atoms with Crippen LogP contribution in [0.1, 0.15) is 38.4 Å². The number of hydrazine groups is 1. The third kappa shape index (κ3) is 6.87. The smallest absolute Gasteiger partial charge is 0.356 e. The second-order valence-corrected chi connectivity index (χ2v) is 5.52. The molecule has 1 amide bonds. The van der Waals surface area contributed by atoms with Gasteiger partial charge in [0.1, 0.15) is 17.1 Å². The normalized spacial score (nSPS) is 9.50. The number of nitrogens with one attached hydrogen (secondary N) is 1. The second kappa shape index (κ2) is 11.8. The maximum absolute atomic E-state index is 11.0. The van der Waals surface area contributed by atoms with Crippen molar-refractivity contribution in [2.45, 2.75) is 6.92 Å². The first kappa shape index (κ1) is 24.0. The number of carbonyl (C=O) groups excluding carboxylic acids is 2. The number of carboxylic acids is 1. The zero-order valence-corrected chi connectivity index (χ0v) is 17.0. The minimum Gasteiger partial charge on any atom is -0.477 e. The zero-order chi connectivity index (χ0) is 22.7. The number of aryl methyl sites for hydroxylation is 3. The van der Waals surface area contributed by atoms with Crippen LogP contribution in [0.3, 0.4) is 0 Å². The van der Waals surface area contributed by atoms with Crippen LogP contribution in [0.2, 0.25) is 0 Å². The number of rotatable bonds is 4. The number of carboxylic acid groups (broad SMARTS) is 1. The summed E-state index contributed by atoms with van der Waals surface area (Å²) < 4.78 is 9.01. The van der Waals surface area contributed by atoms with Gasteiger partial charge in [-0.3, -0.25) is 24.3 Å². The molecule has 0 unspecified atom stereocenters. The summed E-state index contributed by atoms with van der Waals surface area (Å²) in [6, 6.07) is 4.66. The minimum absolute atomic E-state index is 0.204. The van der Waals surface area contributed by atoms with Gasteiger partial charge >= 0.3 is 11.9 Å². The fourth-order valence-electron chi connectivity index (χ4n) is 2.03. The van der Waals surface area contributed by atoms with Gasteiger partial charge in [0.15, 0.2) is 0 Å². The molecule has 162 valence electrons. The molecule has 0 aliphatic carbocycles. The Balaban J connectivity index is 0.000000226. The van der Waals surface area contributed by atoms with Crippen LogP contribution in [0, 0.1) is 0 Å². The number of nitrogens with zero attached hydrogens (tertiary/aromatic N) is 6. The van der Waals surface area contributed by atoms with E-state index in [2.05, 4.69) is 15.3 Å². The van der Waals surface area contributed by atoms with Gasteiger partial charge in [-0.25, -0.2) is 15.4 Å². The molecule has 30 heavy (non-hydrogen) atoms. The molecule has 3 rings (SSSR count). The highest BCUT2D eigenvalue weighted by Crippen LogP contribution is 1.98. The molecule has 0 radical (unpaired) electrons. The lowest BCUT2D eigenvalue weighted by Gasteiger charge is -2.00. The van der Waals surface area contributed by atoms with Crippen molar-refractivity contribution in [2.75, 3.05) is 6.61 Å². The first-order valence-corrected chi connectivity index (χ1v) is 8.58. The van der Waals surface area contributed by atoms with Crippen LogP contribution >= 0.6 is 0 Å². The third-order valence-electron chi connectivity index (χ3n) is 3.53. The predicted molar refractivity (Wildman–Crippen MR) is 104 cm³/mol. The number of nitrogen functional groups attached to an aromatic ring is 1. The number of nitrogens with two attached hydrogens (primary N) is 1. The van der Waals surface area contributed by atoms with Gasteiger partial charge in [0.2, 0.25) is 0 Å². The number of carbonyl (C=O) groups is 3. The average molecular weight is 420 g/mol. The highest BCUT2D eigenvalue weighted by molar-refractivity contribution is 5.91. The Bertz CT molecular complexity index is 974. The molecule has 13 nitrogen and oxygen atoms in total. The van der Waals surface area contributed by atoms with Crippen molar-refractivity contribution in [2.24, 2.45) is 27.0 Å². The lowest BCUT2D eigenvalue weighted by Crippen LogP contribution is -2.31. The molecule has 3 heterocycles. The van der Waals surface area contributed by atoms with Gasteiger partial charge in [0.25, 0.3) is 5.91 Å². The standard InChI is InChI=1S/C7H10N2O2.C5H8N4O.C5H6N2O2/c1-3-11-7(10)6-4-5-8-9(6)2;1-9-4(2-3-7-9)5(10)8-6;1-7-4(5(8)9)2-3-6-7/h4-5H,3H2,1-2H3;2-3H,6H2,1H3,(H,8,10);2-3H,1H3,(H,8,9). The van der Waals surface area contributed by atoms with E-state index in [1.54, 1.807) is 46.4 Å². The molecule has 0 bridgehead atoms. The van der Waals surface area contributed by atoms with Crippen molar-refractivity contribution < 1.29 is 24.2 Å². The number of hydrogen-bond donors (Lipinski definition) is 3. The fourth-order valence-corrected chi connectivity index (χ4v) is 2.03. The summed E-state index contributed by atoms with van der Waals surface area (Å²) in [6.07, 6.45) is 4.54. The van der Waals surface area contributed by atoms with Crippen LogP contribution in [-0.4, -0.2) is 58.9 Å². The highest BCUT2D eigenvalue weighted by Gasteiger charge is 2.09. The monoisotopic (exact) mass is 420 g/mol. The number of amides is 1. The molecule has 0 spiro atoms. The van der Waals surface area contributed by atoms with Crippen LogP contribution in [0.4, 0.5) is 0 Å². The number of aromatic carboxylic acids is 1. The Hall–Kier alpha value is -4.00. The van der Waals surface area contributed by atoms with Crippen LogP contribution in [0.5, 0.6) is 0 Å². The highest BCUT2D eigenvalue weighted by atomic mass is 16.5. The Morgan fingerprint density at radius 1 is 0.933 bits per heavy atom. The number of ether oxygens (including phenoxy) is 1. The Kier molecular flexibility index (Phi) is 9.42. The number of esters is 1. The van der Waals surface area contributed by atoms with Crippen LogP contribution in [0.25, 0.3) is 0 Å². The van der Waals surface area contributed by atoms with E-state index in [0.717, 1.165) is 0 Å². The Labute approximate surface area is 172 Å². The quantitative estimate of drug-likeness (QED) is 0.222. The predicted octanol–water partition coefficient (Wildman–Crippen LogP) is -0.261. The first-order valence-electron chi connectivity index (χ1n) is 8.58. The molecule has 0 fully saturated rings. The SMILES string of the molecule is CCOC(=O)c1ccnn1C.Cn1nccc1C(=O)NN.Cn1nccc1C(=O)O. The summed E-state index contributed by atoms with van der Waals surface area (Å²) >= 11 is 0. The third-order valence-corrected chi connectivity index (χ3v) is 3.53. The van der Waals surface area contributed by atoms with E-state index in [9.17, 15) is 14.4 Å². The molecule has 0 aromatic carbocycles. The topological polar surface area (TPSA) is 172 Å². The zero-order valence-electron chi connectivity index (χ0n) is 17.0. The molecule has 4 N–H and O–H groups in total. The molecule has 13 heteroatoms. The largest absolute Gasteiger partial charge is 0.477 e. The molecule has 3 aromatic heterocycles. The summed E-state index contributed by atoms with van der Waals surface area (Å²) in [7, 11) is 4.96. The van der Waals surface area contributed by atoms with Crippen LogP contribution in [0.15, 0.2) is 36.8 Å². The van der Waals surface area contributed by atoms with E-state index in [4.69, 9.17) is 15.7 Å². The fraction of sp³-hybridized carbons (Fsp3) is 0.294. The van der Waals surface area contributed by atoms with Gasteiger partial charge in [0, 0.05) is 39.7 Å². The van der Waals surface area contributed by atoms with Gasteiger partial charge in [-0.2, -0.15) is 15.3 Å². The summed E-state index contributed by atoms with van der Waals surface area (Å²) in [5, 5.41) is 19.7. The van der Waals surface area contributed by atoms with Gasteiger partial charge in [-0.05, 0) is 25.1 Å². The van der Waals surface area contributed by atoms with Crippen molar-refractivity contribution in [1.82, 2.24) is 34.8 Å². The average Bonchev–Trinajstić information content (AvgIpc) is 3.43. The Morgan fingerprint density at radius 3 is 1.67 bits per heavy atom. The molecule has 0 saturated carbocycles. The molecular formula is C17H24N8O5. The van der Waals surface area contributed by atoms with Gasteiger partial charge in [0.05, 0.1) is 6.61 Å². The maximum atomic E-state index is 11.0. The number of aromatic nitrogens is 6. The van der Waals surface area contributed by atoms with Gasteiger partial charge < -0.3 is 9.84 Å². The van der Waals surface area contributed by atoms with E-state index in [1.165, 1.54) is 32.5 Å². The summed E-state index contributed by atoms with van der Waals surface area (Å²) in [5.41, 5.74) is 3.14. The second-order valence-electron chi connectivity index (χ2n) is 5.52. The molecular weight excluding hydrogens is 396 g/mol.